The van der Waals surface area contributed by atoms with Crippen molar-refractivity contribution in [3.63, 3.8) is 0 Å². The quantitative estimate of drug-likeness (QED) is 0.556. The minimum absolute atomic E-state index is 0.104. The van der Waals surface area contributed by atoms with Gasteiger partial charge in [-0.2, -0.15) is 5.10 Å². The van der Waals surface area contributed by atoms with Crippen molar-refractivity contribution in [2.45, 2.75) is 31.7 Å². The number of nitro groups is 1. The zero-order valence-electron chi connectivity index (χ0n) is 13.1. The highest BCUT2D eigenvalue weighted by Gasteiger charge is 2.21. The first-order chi connectivity index (χ1) is 11.6. The molecule has 0 bridgehead atoms. The number of aromatic amines is 1. The van der Waals surface area contributed by atoms with Gasteiger partial charge in [-0.05, 0) is 30.9 Å². The van der Waals surface area contributed by atoms with E-state index in [0.717, 1.165) is 25.0 Å². The third-order valence-electron chi connectivity index (χ3n) is 4.16. The van der Waals surface area contributed by atoms with E-state index in [9.17, 15) is 14.9 Å². The van der Waals surface area contributed by atoms with Gasteiger partial charge in [0.15, 0.2) is 0 Å². The van der Waals surface area contributed by atoms with Crippen LogP contribution < -0.4 is 10.6 Å². The van der Waals surface area contributed by atoms with E-state index in [1.165, 1.54) is 17.7 Å². The van der Waals surface area contributed by atoms with E-state index >= 15 is 0 Å². The van der Waals surface area contributed by atoms with Gasteiger partial charge >= 0.3 is 0 Å². The zero-order valence-corrected chi connectivity index (χ0v) is 13.1. The average Bonchev–Trinajstić information content (AvgIpc) is 3.04. The van der Waals surface area contributed by atoms with Crippen LogP contribution in [0.5, 0.6) is 0 Å². The maximum atomic E-state index is 12.0. The Morgan fingerprint density at radius 2 is 2.25 bits per heavy atom. The first-order valence-corrected chi connectivity index (χ1v) is 7.94. The number of nitro benzene ring substituents is 1. The second-order valence-corrected chi connectivity index (χ2v) is 5.78. The predicted octanol–water partition coefficient (Wildman–Crippen LogP) is 2.31. The molecule has 1 unspecified atom stereocenters. The molecular weight excluding hydrogens is 310 g/mol. The number of carbonyl (C=O) groups is 1. The van der Waals surface area contributed by atoms with E-state index in [4.69, 9.17) is 0 Å². The van der Waals surface area contributed by atoms with Gasteiger partial charge in [0.2, 0.25) is 5.91 Å². The highest BCUT2D eigenvalue weighted by Crippen LogP contribution is 2.27. The summed E-state index contributed by atoms with van der Waals surface area (Å²) in [5.74, 6) is -0.252. The molecule has 0 spiro atoms. The largest absolute Gasteiger partial charge is 0.320 e. The maximum Gasteiger partial charge on any atom is 0.292 e. The molecule has 2 aromatic rings. The molecule has 1 atom stereocenters. The number of anilines is 1. The summed E-state index contributed by atoms with van der Waals surface area (Å²) in [5, 5.41) is 24.0. The summed E-state index contributed by atoms with van der Waals surface area (Å²) in [6.07, 6.45) is 5.21. The molecule has 1 heterocycles. The summed E-state index contributed by atoms with van der Waals surface area (Å²) < 4.78 is 0. The minimum atomic E-state index is -0.504. The summed E-state index contributed by atoms with van der Waals surface area (Å²) in [4.78, 5) is 22.5. The lowest BCUT2D eigenvalue weighted by Gasteiger charge is -2.22. The van der Waals surface area contributed by atoms with Crippen molar-refractivity contribution < 1.29 is 9.72 Å². The van der Waals surface area contributed by atoms with E-state index in [0.29, 0.717) is 6.54 Å². The van der Waals surface area contributed by atoms with E-state index in [2.05, 4.69) is 20.8 Å². The third kappa shape index (κ3) is 3.60. The molecule has 0 saturated carbocycles. The molecule has 8 heteroatoms. The SMILES string of the molecule is O=C(CCNC1CCCc2cn[nH]c21)Nc1ccccc1[N+](=O)[O-]. The Morgan fingerprint density at radius 3 is 3.08 bits per heavy atom. The van der Waals surface area contributed by atoms with Crippen molar-refractivity contribution in [1.82, 2.24) is 15.5 Å². The van der Waals surface area contributed by atoms with Crippen molar-refractivity contribution in [3.05, 3.63) is 51.8 Å². The van der Waals surface area contributed by atoms with Crippen molar-refractivity contribution >= 4 is 17.3 Å². The molecule has 1 aliphatic carbocycles. The summed E-state index contributed by atoms with van der Waals surface area (Å²) in [5.41, 5.74) is 2.44. The number of hydrogen-bond donors (Lipinski definition) is 3. The molecule has 8 nitrogen and oxygen atoms in total. The van der Waals surface area contributed by atoms with E-state index in [1.54, 1.807) is 12.1 Å². The van der Waals surface area contributed by atoms with Gasteiger partial charge in [0.1, 0.15) is 5.69 Å². The minimum Gasteiger partial charge on any atom is -0.320 e. The third-order valence-corrected chi connectivity index (χ3v) is 4.16. The Morgan fingerprint density at radius 1 is 1.42 bits per heavy atom. The predicted molar refractivity (Wildman–Crippen MR) is 88.6 cm³/mol. The highest BCUT2D eigenvalue weighted by molar-refractivity contribution is 5.93. The number of nitrogens with one attached hydrogen (secondary N) is 3. The van der Waals surface area contributed by atoms with Gasteiger partial charge in [-0.1, -0.05) is 12.1 Å². The van der Waals surface area contributed by atoms with Crippen LogP contribution in [0.15, 0.2) is 30.5 Å². The van der Waals surface area contributed by atoms with Crippen LogP contribution in [0.25, 0.3) is 0 Å². The molecule has 0 aliphatic heterocycles. The molecule has 1 aromatic carbocycles. The zero-order chi connectivity index (χ0) is 16.9. The first-order valence-electron chi connectivity index (χ1n) is 7.94. The van der Waals surface area contributed by atoms with Crippen molar-refractivity contribution in [1.29, 1.82) is 0 Å². The van der Waals surface area contributed by atoms with Crippen LogP contribution in [0, 0.1) is 10.1 Å². The molecule has 0 radical (unpaired) electrons. The van der Waals surface area contributed by atoms with Crippen LogP contribution >= 0.6 is 0 Å². The number of hydrogen-bond acceptors (Lipinski definition) is 5. The van der Waals surface area contributed by atoms with Crippen LogP contribution in [0.3, 0.4) is 0 Å². The molecule has 0 saturated heterocycles. The Hall–Kier alpha value is -2.74. The molecule has 24 heavy (non-hydrogen) atoms. The van der Waals surface area contributed by atoms with Gasteiger partial charge in [-0.25, -0.2) is 0 Å². The summed E-state index contributed by atoms with van der Waals surface area (Å²) in [7, 11) is 0. The molecule has 0 fully saturated rings. The molecule has 3 N–H and O–H groups in total. The van der Waals surface area contributed by atoms with Gasteiger partial charge in [0.05, 0.1) is 16.8 Å². The van der Waals surface area contributed by atoms with Gasteiger partial charge < -0.3 is 10.6 Å². The molecular formula is C16H19N5O3. The number of benzene rings is 1. The molecule has 1 amide bonds. The summed E-state index contributed by atoms with van der Waals surface area (Å²) in [6, 6.07) is 6.30. The van der Waals surface area contributed by atoms with E-state index < -0.39 is 4.92 Å². The lowest BCUT2D eigenvalue weighted by molar-refractivity contribution is -0.383. The van der Waals surface area contributed by atoms with Crippen LogP contribution in [0.2, 0.25) is 0 Å². The molecule has 126 valence electrons. The number of carbonyl (C=O) groups excluding carboxylic acids is 1. The lowest BCUT2D eigenvalue weighted by Crippen LogP contribution is -2.28. The maximum absolute atomic E-state index is 12.0. The summed E-state index contributed by atoms with van der Waals surface area (Å²) >= 11 is 0. The van der Waals surface area contributed by atoms with Gasteiger partial charge in [-0.15, -0.1) is 0 Å². The van der Waals surface area contributed by atoms with E-state index in [1.807, 2.05) is 6.20 Å². The van der Waals surface area contributed by atoms with Crippen LogP contribution in [0.4, 0.5) is 11.4 Å². The van der Waals surface area contributed by atoms with Gasteiger partial charge in [-0.3, -0.25) is 20.0 Å². The van der Waals surface area contributed by atoms with E-state index in [-0.39, 0.29) is 29.7 Å². The van der Waals surface area contributed by atoms with Crippen LogP contribution in [0.1, 0.15) is 36.6 Å². The monoisotopic (exact) mass is 329 g/mol. The molecule has 1 aliphatic rings. The first kappa shape index (κ1) is 16.1. The van der Waals surface area contributed by atoms with Gasteiger partial charge in [0.25, 0.3) is 5.69 Å². The number of H-pyrrole nitrogens is 1. The Labute approximate surface area is 138 Å². The highest BCUT2D eigenvalue weighted by atomic mass is 16.6. The Bertz CT molecular complexity index is 743. The fraction of sp³-hybridized carbons (Fsp3) is 0.375. The summed E-state index contributed by atoms with van der Waals surface area (Å²) in [6.45, 7) is 0.496. The number of nitrogens with zero attached hydrogens (tertiary/aromatic N) is 2. The second-order valence-electron chi connectivity index (χ2n) is 5.78. The topological polar surface area (TPSA) is 113 Å². The number of aryl methyl sites for hydroxylation is 1. The Balaban J connectivity index is 1.52. The number of amides is 1. The van der Waals surface area contributed by atoms with Crippen molar-refractivity contribution in [2.75, 3.05) is 11.9 Å². The normalized spacial score (nSPS) is 16.4. The van der Waals surface area contributed by atoms with Crippen molar-refractivity contribution in [3.8, 4) is 0 Å². The lowest BCUT2D eigenvalue weighted by atomic mass is 9.94. The van der Waals surface area contributed by atoms with Crippen molar-refractivity contribution in [2.24, 2.45) is 0 Å². The standard InChI is InChI=1S/C16H19N5O3/c22-15(19-12-5-1-2-7-14(12)21(23)24)8-9-17-13-6-3-4-11-10-18-20-16(11)13/h1-2,5,7,10,13,17H,3-4,6,8-9H2,(H,18,20)(H,19,22). The number of para-hydroxylation sites is 2. The molecule has 3 rings (SSSR count). The fourth-order valence-electron chi connectivity index (χ4n) is 2.98. The Kier molecular flexibility index (Phi) is 4.85. The fourth-order valence-corrected chi connectivity index (χ4v) is 2.98. The van der Waals surface area contributed by atoms with Crippen LogP contribution in [-0.4, -0.2) is 27.6 Å². The number of aromatic nitrogens is 2. The average molecular weight is 329 g/mol. The number of fused-ring (bicyclic) bond motifs is 1. The smallest absolute Gasteiger partial charge is 0.292 e. The van der Waals surface area contributed by atoms with Gasteiger partial charge in [0, 0.05) is 25.1 Å². The molecule has 1 aromatic heterocycles. The second kappa shape index (κ2) is 7.22. The van der Waals surface area contributed by atoms with Crippen LogP contribution in [-0.2, 0) is 11.2 Å². The number of rotatable bonds is 6.